The fourth-order valence-electron chi connectivity index (χ4n) is 1.25. The second kappa shape index (κ2) is 7.99. The molecule has 1 aromatic rings. The number of nitrogens with one attached hydrogen (secondary N) is 3. The van der Waals surface area contributed by atoms with Gasteiger partial charge >= 0.3 is 0 Å². The minimum atomic E-state index is -0.153. The Bertz CT molecular complexity index is 406. The molecule has 0 atom stereocenters. The zero-order chi connectivity index (χ0) is 13.4. The molecule has 0 unspecified atom stereocenters. The monoisotopic (exact) mass is 286 g/mol. The molecule has 1 aromatic heterocycles. The van der Waals surface area contributed by atoms with Gasteiger partial charge in [0.2, 0.25) is 5.91 Å². The topological polar surface area (TPSA) is 66.0 Å². The van der Waals surface area contributed by atoms with Crippen molar-refractivity contribution >= 4 is 34.6 Å². The highest BCUT2D eigenvalue weighted by Crippen LogP contribution is 2.07. The molecule has 3 N–H and O–H groups in total. The van der Waals surface area contributed by atoms with E-state index >= 15 is 0 Å². The van der Waals surface area contributed by atoms with E-state index in [2.05, 4.69) is 28.1 Å². The molecule has 0 saturated heterocycles. The smallest absolute Gasteiger partial charge is 0.244 e. The van der Waals surface area contributed by atoms with Crippen LogP contribution in [0.3, 0.4) is 0 Å². The van der Waals surface area contributed by atoms with Crippen molar-refractivity contribution in [3.05, 3.63) is 16.1 Å². The Morgan fingerprint density at radius 1 is 1.50 bits per heavy atom. The lowest BCUT2D eigenvalue weighted by Gasteiger charge is -2.10. The lowest BCUT2D eigenvalue weighted by Crippen LogP contribution is -2.47. The normalized spacial score (nSPS) is 9.89. The van der Waals surface area contributed by atoms with Crippen LogP contribution in [0.15, 0.2) is 5.38 Å². The summed E-state index contributed by atoms with van der Waals surface area (Å²) < 4.78 is 0. The minimum absolute atomic E-state index is 0.153. The van der Waals surface area contributed by atoms with Gasteiger partial charge in [0, 0.05) is 11.9 Å². The van der Waals surface area contributed by atoms with Gasteiger partial charge in [-0.1, -0.05) is 13.3 Å². The van der Waals surface area contributed by atoms with Crippen LogP contribution in [0.1, 0.15) is 30.5 Å². The van der Waals surface area contributed by atoms with E-state index in [0.717, 1.165) is 30.1 Å². The molecule has 0 fully saturated rings. The number of aromatic nitrogens is 1. The average molecular weight is 286 g/mol. The predicted octanol–water partition coefficient (Wildman–Crippen LogP) is 1.29. The standard InChI is InChI=1S/C11H18N4OS2/c1-3-4-5-12-11(17)15-14-10(16)6-9-7-18-8(2)13-9/h7H,3-6H2,1-2H3,(H,14,16)(H2,12,15,17). The zero-order valence-electron chi connectivity index (χ0n) is 10.6. The van der Waals surface area contributed by atoms with Crippen LogP contribution in [0.4, 0.5) is 0 Å². The van der Waals surface area contributed by atoms with Crippen LogP contribution < -0.4 is 16.2 Å². The summed E-state index contributed by atoms with van der Waals surface area (Å²) in [6.45, 7) is 4.83. The highest BCUT2D eigenvalue weighted by atomic mass is 32.1. The Balaban J connectivity index is 2.18. The van der Waals surface area contributed by atoms with E-state index in [9.17, 15) is 4.79 Å². The number of nitrogens with zero attached hydrogens (tertiary/aromatic N) is 1. The number of amides is 1. The lowest BCUT2D eigenvalue weighted by atomic mass is 10.3. The summed E-state index contributed by atoms with van der Waals surface area (Å²) in [5.41, 5.74) is 5.98. The van der Waals surface area contributed by atoms with Crippen molar-refractivity contribution in [3.63, 3.8) is 0 Å². The molecular formula is C11H18N4OS2. The van der Waals surface area contributed by atoms with Gasteiger partial charge in [0.25, 0.3) is 0 Å². The maximum atomic E-state index is 11.6. The molecule has 0 aliphatic carbocycles. The van der Waals surface area contributed by atoms with E-state index in [1.54, 1.807) is 0 Å². The number of aryl methyl sites for hydroxylation is 1. The molecule has 0 saturated carbocycles. The van der Waals surface area contributed by atoms with Gasteiger partial charge in [-0.25, -0.2) is 4.98 Å². The third kappa shape index (κ3) is 5.92. The van der Waals surface area contributed by atoms with Crippen molar-refractivity contribution in [2.24, 2.45) is 0 Å². The third-order valence-corrected chi connectivity index (χ3v) is 3.21. The maximum absolute atomic E-state index is 11.6. The van der Waals surface area contributed by atoms with Crippen molar-refractivity contribution in [1.82, 2.24) is 21.2 Å². The largest absolute Gasteiger partial charge is 0.361 e. The Labute approximate surface area is 116 Å². The number of thiocarbonyl (C=S) groups is 1. The number of rotatable bonds is 5. The van der Waals surface area contributed by atoms with Gasteiger partial charge in [-0.2, -0.15) is 0 Å². The van der Waals surface area contributed by atoms with Crippen LogP contribution in [0.25, 0.3) is 0 Å². The molecule has 0 radical (unpaired) electrons. The molecule has 1 heterocycles. The van der Waals surface area contributed by atoms with Crippen LogP contribution in [0.5, 0.6) is 0 Å². The number of thiazole rings is 1. The van der Waals surface area contributed by atoms with E-state index < -0.39 is 0 Å². The summed E-state index contributed by atoms with van der Waals surface area (Å²) in [5.74, 6) is -0.153. The molecule has 0 spiro atoms. The highest BCUT2D eigenvalue weighted by Gasteiger charge is 2.06. The van der Waals surface area contributed by atoms with Gasteiger partial charge in [-0.05, 0) is 25.6 Å². The second-order valence-corrected chi connectivity index (χ2v) is 5.29. The number of carbonyl (C=O) groups is 1. The maximum Gasteiger partial charge on any atom is 0.244 e. The van der Waals surface area contributed by atoms with Gasteiger partial charge in [-0.15, -0.1) is 11.3 Å². The Morgan fingerprint density at radius 2 is 2.28 bits per heavy atom. The van der Waals surface area contributed by atoms with Gasteiger partial charge in [0.05, 0.1) is 17.1 Å². The van der Waals surface area contributed by atoms with Gasteiger partial charge in [0.15, 0.2) is 5.11 Å². The first-order valence-corrected chi connectivity index (χ1v) is 7.14. The van der Waals surface area contributed by atoms with Crippen LogP contribution in [-0.4, -0.2) is 22.5 Å². The van der Waals surface area contributed by atoms with E-state index in [0.29, 0.717) is 5.11 Å². The fraction of sp³-hybridized carbons (Fsp3) is 0.545. The summed E-state index contributed by atoms with van der Waals surface area (Å²) in [5, 5.41) is 6.28. The number of unbranched alkanes of at least 4 members (excludes halogenated alkanes) is 1. The Kier molecular flexibility index (Phi) is 6.59. The Hall–Kier alpha value is -1.21. The minimum Gasteiger partial charge on any atom is -0.361 e. The van der Waals surface area contributed by atoms with E-state index in [1.807, 2.05) is 12.3 Å². The second-order valence-electron chi connectivity index (χ2n) is 3.82. The van der Waals surface area contributed by atoms with Crippen molar-refractivity contribution < 1.29 is 4.79 Å². The molecule has 0 aliphatic rings. The first-order chi connectivity index (χ1) is 8.61. The quantitative estimate of drug-likeness (QED) is 0.432. The van der Waals surface area contributed by atoms with Crippen molar-refractivity contribution in [3.8, 4) is 0 Å². The van der Waals surface area contributed by atoms with E-state index in [-0.39, 0.29) is 12.3 Å². The summed E-state index contributed by atoms with van der Waals surface area (Å²) in [6, 6.07) is 0. The van der Waals surface area contributed by atoms with Crippen LogP contribution in [0, 0.1) is 6.92 Å². The Morgan fingerprint density at radius 3 is 2.89 bits per heavy atom. The first-order valence-electron chi connectivity index (χ1n) is 5.85. The van der Waals surface area contributed by atoms with Gasteiger partial charge in [-0.3, -0.25) is 15.6 Å². The molecule has 7 heteroatoms. The predicted molar refractivity (Wildman–Crippen MR) is 77.3 cm³/mol. The molecular weight excluding hydrogens is 268 g/mol. The van der Waals surface area contributed by atoms with Crippen molar-refractivity contribution in [2.45, 2.75) is 33.1 Å². The fourth-order valence-corrected chi connectivity index (χ4v) is 2.01. The molecule has 1 rings (SSSR count). The number of hydrogen-bond donors (Lipinski definition) is 3. The average Bonchev–Trinajstić information content (AvgIpc) is 2.72. The number of hydrazine groups is 1. The summed E-state index contributed by atoms with van der Waals surface area (Å²) in [7, 11) is 0. The SMILES string of the molecule is CCCCNC(=S)NNC(=O)Cc1csc(C)n1. The van der Waals surface area contributed by atoms with Crippen LogP contribution >= 0.6 is 23.6 Å². The summed E-state index contributed by atoms with van der Waals surface area (Å²) >= 11 is 6.54. The molecule has 5 nitrogen and oxygen atoms in total. The molecule has 0 aromatic carbocycles. The highest BCUT2D eigenvalue weighted by molar-refractivity contribution is 7.80. The van der Waals surface area contributed by atoms with Crippen molar-refractivity contribution in [1.29, 1.82) is 0 Å². The zero-order valence-corrected chi connectivity index (χ0v) is 12.2. The van der Waals surface area contributed by atoms with E-state index in [1.165, 1.54) is 11.3 Å². The van der Waals surface area contributed by atoms with Gasteiger partial charge < -0.3 is 5.32 Å². The summed E-state index contributed by atoms with van der Waals surface area (Å²) in [4.78, 5) is 15.8. The first kappa shape index (κ1) is 14.8. The van der Waals surface area contributed by atoms with Gasteiger partial charge in [0.1, 0.15) is 0 Å². The molecule has 1 amide bonds. The van der Waals surface area contributed by atoms with Crippen LogP contribution in [0.2, 0.25) is 0 Å². The molecule has 0 bridgehead atoms. The summed E-state index contributed by atoms with van der Waals surface area (Å²) in [6.07, 6.45) is 2.41. The molecule has 18 heavy (non-hydrogen) atoms. The van der Waals surface area contributed by atoms with Crippen molar-refractivity contribution in [2.75, 3.05) is 6.54 Å². The number of hydrogen-bond acceptors (Lipinski definition) is 4. The number of carbonyl (C=O) groups excluding carboxylic acids is 1. The lowest BCUT2D eigenvalue weighted by molar-refractivity contribution is -0.121. The molecule has 100 valence electrons. The van der Waals surface area contributed by atoms with Crippen LogP contribution in [-0.2, 0) is 11.2 Å². The molecule has 0 aliphatic heterocycles. The third-order valence-electron chi connectivity index (χ3n) is 2.14. The van der Waals surface area contributed by atoms with E-state index in [4.69, 9.17) is 12.2 Å².